The number of nitrogens with zero attached hydrogens (tertiary/aromatic N) is 2. The van der Waals surface area contributed by atoms with Crippen molar-refractivity contribution in [2.24, 2.45) is 5.41 Å². The third-order valence-electron chi connectivity index (χ3n) is 4.12. The molecule has 7 heteroatoms. The lowest BCUT2D eigenvalue weighted by molar-refractivity contribution is 0.196. The minimum absolute atomic E-state index is 0.0478. The average Bonchev–Trinajstić information content (AvgIpc) is 2.51. The predicted molar refractivity (Wildman–Crippen MR) is 100 cm³/mol. The Kier molecular flexibility index (Phi) is 6.01. The molecule has 0 aliphatic heterocycles. The van der Waals surface area contributed by atoms with Crippen LogP contribution in [0, 0.1) is 11.2 Å². The largest absolute Gasteiger partial charge is 0.261 e. The molecule has 0 aliphatic carbocycles. The Hall–Kier alpha value is -1.31. The van der Waals surface area contributed by atoms with E-state index in [9.17, 15) is 12.8 Å². The zero-order chi connectivity index (χ0) is 18.8. The zero-order valence-electron chi connectivity index (χ0n) is 14.7. The molecule has 0 N–H and O–H groups in total. The van der Waals surface area contributed by atoms with Crippen LogP contribution < -0.4 is 0 Å². The minimum atomic E-state index is -3.80. The van der Waals surface area contributed by atoms with Gasteiger partial charge < -0.3 is 0 Å². The first-order valence-corrected chi connectivity index (χ1v) is 10.1. The van der Waals surface area contributed by atoms with Gasteiger partial charge in [-0.1, -0.05) is 26.8 Å². The number of aromatic nitrogens is 1. The van der Waals surface area contributed by atoms with Gasteiger partial charge in [-0.05, 0) is 51.7 Å². The van der Waals surface area contributed by atoms with Gasteiger partial charge >= 0.3 is 0 Å². The van der Waals surface area contributed by atoms with Crippen LogP contribution in [0.5, 0.6) is 0 Å². The van der Waals surface area contributed by atoms with E-state index in [1.165, 1.54) is 10.4 Å². The lowest BCUT2D eigenvalue weighted by Gasteiger charge is -2.37. The molecule has 4 nitrogen and oxygen atoms in total. The highest BCUT2D eigenvalue weighted by atomic mass is 79.9. The summed E-state index contributed by atoms with van der Waals surface area (Å²) in [7, 11) is -2.24. The third-order valence-corrected chi connectivity index (χ3v) is 6.96. The second-order valence-electron chi connectivity index (χ2n) is 7.00. The molecule has 0 bridgehead atoms. The number of likely N-dealkylation sites (N-methyl/N-ethyl adjacent to an activating group) is 1. The zero-order valence-corrected chi connectivity index (χ0v) is 17.1. The van der Waals surface area contributed by atoms with E-state index >= 15 is 0 Å². The van der Waals surface area contributed by atoms with Crippen LogP contribution in [0.4, 0.5) is 4.39 Å². The molecule has 136 valence electrons. The van der Waals surface area contributed by atoms with Crippen LogP contribution in [0.1, 0.15) is 26.5 Å². The molecule has 2 aromatic rings. The summed E-state index contributed by atoms with van der Waals surface area (Å²) in [6.45, 7) is 5.98. The first kappa shape index (κ1) is 20.0. The third kappa shape index (κ3) is 4.65. The summed E-state index contributed by atoms with van der Waals surface area (Å²) in [5.74, 6) is -0.491. The van der Waals surface area contributed by atoms with Gasteiger partial charge in [-0.25, -0.2) is 12.8 Å². The highest BCUT2D eigenvalue weighted by molar-refractivity contribution is 9.10. The molecule has 0 saturated carbocycles. The minimum Gasteiger partial charge on any atom is -0.261 e. The Labute approximate surface area is 157 Å². The van der Waals surface area contributed by atoms with Crippen LogP contribution in [-0.2, 0) is 16.4 Å². The van der Waals surface area contributed by atoms with Crippen molar-refractivity contribution in [2.75, 3.05) is 7.05 Å². The van der Waals surface area contributed by atoms with Crippen molar-refractivity contribution in [1.82, 2.24) is 9.29 Å². The number of hydrogen-bond acceptors (Lipinski definition) is 3. The summed E-state index contributed by atoms with van der Waals surface area (Å²) in [6, 6.07) is 8.86. The van der Waals surface area contributed by atoms with Crippen molar-refractivity contribution in [2.45, 2.75) is 38.1 Å². The smallest absolute Gasteiger partial charge is 0.244 e. The van der Waals surface area contributed by atoms with E-state index in [0.717, 1.165) is 17.8 Å². The summed E-state index contributed by atoms with van der Waals surface area (Å²) in [5.41, 5.74) is 0.508. The Morgan fingerprint density at radius 1 is 1.24 bits per heavy atom. The molecular formula is C18H22BrFN2O2S. The van der Waals surface area contributed by atoms with E-state index in [0.29, 0.717) is 6.42 Å². The van der Waals surface area contributed by atoms with Gasteiger partial charge in [0.05, 0.1) is 4.90 Å². The molecule has 25 heavy (non-hydrogen) atoms. The van der Waals surface area contributed by atoms with E-state index < -0.39 is 15.8 Å². The van der Waals surface area contributed by atoms with Gasteiger partial charge in [0.2, 0.25) is 10.0 Å². The van der Waals surface area contributed by atoms with E-state index in [-0.39, 0.29) is 20.8 Å². The molecule has 0 aliphatic rings. The topological polar surface area (TPSA) is 50.3 Å². The van der Waals surface area contributed by atoms with Crippen molar-refractivity contribution in [3.8, 4) is 0 Å². The predicted octanol–water partition coefficient (Wildman–Crippen LogP) is 4.26. The van der Waals surface area contributed by atoms with E-state index in [1.807, 2.05) is 39.0 Å². The number of benzene rings is 1. The number of sulfonamides is 1. The summed E-state index contributed by atoms with van der Waals surface area (Å²) in [6.07, 6.45) is 2.18. The SMILES string of the molecule is CN([C@H](Cc1ccccn1)C(C)(C)C)S(=O)(=O)c1ccc(F)cc1Br. The fourth-order valence-corrected chi connectivity index (χ4v) is 5.25. The summed E-state index contributed by atoms with van der Waals surface area (Å²) in [5, 5.41) is 0. The molecular weight excluding hydrogens is 407 g/mol. The Balaban J connectivity index is 2.43. The van der Waals surface area contributed by atoms with Gasteiger partial charge in [0, 0.05) is 35.9 Å². The van der Waals surface area contributed by atoms with Gasteiger partial charge in [-0.2, -0.15) is 4.31 Å². The van der Waals surface area contributed by atoms with Crippen LogP contribution >= 0.6 is 15.9 Å². The fraction of sp³-hybridized carbons (Fsp3) is 0.389. The molecule has 0 radical (unpaired) electrons. The van der Waals surface area contributed by atoms with Gasteiger partial charge in [0.25, 0.3) is 0 Å². The van der Waals surface area contributed by atoms with Gasteiger partial charge in [0.15, 0.2) is 0 Å². The monoisotopic (exact) mass is 428 g/mol. The van der Waals surface area contributed by atoms with Crippen molar-refractivity contribution in [3.63, 3.8) is 0 Å². The van der Waals surface area contributed by atoms with Crippen LogP contribution in [-0.4, -0.2) is 30.8 Å². The summed E-state index contributed by atoms with van der Waals surface area (Å²) in [4.78, 5) is 4.37. The van der Waals surface area contributed by atoms with E-state index in [4.69, 9.17) is 0 Å². The highest BCUT2D eigenvalue weighted by Gasteiger charge is 2.36. The van der Waals surface area contributed by atoms with Crippen LogP contribution in [0.25, 0.3) is 0 Å². The summed E-state index contributed by atoms with van der Waals surface area (Å²) < 4.78 is 41.1. The van der Waals surface area contributed by atoms with Crippen molar-refractivity contribution in [1.29, 1.82) is 0 Å². The molecule has 0 fully saturated rings. The Morgan fingerprint density at radius 2 is 1.92 bits per heavy atom. The molecule has 0 saturated heterocycles. The Bertz CT molecular complexity index is 836. The maximum atomic E-state index is 13.3. The molecule has 2 rings (SSSR count). The number of rotatable bonds is 5. The lowest BCUT2D eigenvalue weighted by atomic mass is 9.84. The van der Waals surface area contributed by atoms with Gasteiger partial charge in [-0.3, -0.25) is 4.98 Å². The van der Waals surface area contributed by atoms with Crippen molar-refractivity contribution in [3.05, 3.63) is 58.6 Å². The maximum absolute atomic E-state index is 13.3. The molecule has 1 aromatic heterocycles. The molecule has 1 atom stereocenters. The quantitative estimate of drug-likeness (QED) is 0.714. The van der Waals surface area contributed by atoms with Crippen LogP contribution in [0.15, 0.2) is 52.0 Å². The first-order chi connectivity index (χ1) is 11.5. The van der Waals surface area contributed by atoms with Crippen molar-refractivity contribution >= 4 is 26.0 Å². The molecule has 0 spiro atoms. The van der Waals surface area contributed by atoms with E-state index in [1.54, 1.807) is 13.2 Å². The second-order valence-corrected chi connectivity index (χ2v) is 9.82. The normalized spacial score (nSPS) is 13.9. The van der Waals surface area contributed by atoms with Crippen molar-refractivity contribution < 1.29 is 12.8 Å². The van der Waals surface area contributed by atoms with Crippen LogP contribution in [0.2, 0.25) is 0 Å². The molecule has 1 heterocycles. The number of pyridine rings is 1. The molecule has 1 aromatic carbocycles. The fourth-order valence-electron chi connectivity index (χ4n) is 2.70. The molecule has 0 unspecified atom stereocenters. The number of hydrogen-bond donors (Lipinski definition) is 0. The van der Waals surface area contributed by atoms with E-state index in [2.05, 4.69) is 20.9 Å². The van der Waals surface area contributed by atoms with Gasteiger partial charge in [-0.15, -0.1) is 0 Å². The van der Waals surface area contributed by atoms with Gasteiger partial charge in [0.1, 0.15) is 5.82 Å². The summed E-state index contributed by atoms with van der Waals surface area (Å²) >= 11 is 3.16. The second kappa shape index (κ2) is 7.51. The number of halogens is 2. The first-order valence-electron chi connectivity index (χ1n) is 7.86. The average molecular weight is 429 g/mol. The van der Waals surface area contributed by atoms with Crippen LogP contribution in [0.3, 0.4) is 0 Å². The Morgan fingerprint density at radius 3 is 2.44 bits per heavy atom. The highest BCUT2D eigenvalue weighted by Crippen LogP contribution is 2.32. The maximum Gasteiger partial charge on any atom is 0.244 e. The molecule has 0 amide bonds. The standard InChI is InChI=1S/C18H22BrFN2O2S/c1-18(2,3)17(12-14-7-5-6-10-21-14)22(4)25(23,24)16-9-8-13(20)11-15(16)19/h5-11,17H,12H2,1-4H3/t17-/m1/s1. The lowest BCUT2D eigenvalue weighted by Crippen LogP contribution is -2.46.